The summed E-state index contributed by atoms with van der Waals surface area (Å²) in [5.41, 5.74) is 5.39. The highest BCUT2D eigenvalue weighted by Gasteiger charge is 1.89. The highest BCUT2D eigenvalue weighted by atomic mass is 14.5. The summed E-state index contributed by atoms with van der Waals surface area (Å²) in [6, 6.07) is 0. The van der Waals surface area contributed by atoms with E-state index in [1.54, 1.807) is 0 Å². The van der Waals surface area contributed by atoms with Crippen molar-refractivity contribution >= 4 is 0 Å². The monoisotopic (exact) mass is 201 g/mol. The van der Waals surface area contributed by atoms with E-state index in [2.05, 4.69) is 20.8 Å². The van der Waals surface area contributed by atoms with Gasteiger partial charge in [0.05, 0.1) is 0 Å². The highest BCUT2D eigenvalue weighted by molar-refractivity contribution is 4.45. The maximum Gasteiger partial charge on any atom is -0.00773 e. The van der Waals surface area contributed by atoms with E-state index in [0.29, 0.717) is 0 Å². The molecule has 1 heteroatoms. The van der Waals surface area contributed by atoms with Gasteiger partial charge < -0.3 is 5.73 Å². The lowest BCUT2D eigenvalue weighted by molar-refractivity contribution is 0.578. The third-order valence-electron chi connectivity index (χ3n) is 2.06. The smallest absolute Gasteiger partial charge is 0.00773 e. The minimum absolute atomic E-state index is 0.870. The van der Waals surface area contributed by atoms with Crippen LogP contribution >= 0.6 is 0 Å². The van der Waals surface area contributed by atoms with Gasteiger partial charge in [0, 0.05) is 0 Å². The maximum atomic E-state index is 5.39. The first-order chi connectivity index (χ1) is 6.83. The topological polar surface area (TPSA) is 26.0 Å². The molecule has 0 saturated heterocycles. The number of rotatable bonds is 8. The Bertz CT molecular complexity index is 63.6. The largest absolute Gasteiger partial charge is 0.330 e. The zero-order valence-electron chi connectivity index (χ0n) is 10.6. The Morgan fingerprint density at radius 3 is 1.36 bits per heavy atom. The summed E-state index contributed by atoms with van der Waals surface area (Å²) < 4.78 is 0. The maximum absolute atomic E-state index is 5.39. The van der Waals surface area contributed by atoms with Gasteiger partial charge in [0.1, 0.15) is 0 Å². The van der Waals surface area contributed by atoms with E-state index in [-0.39, 0.29) is 0 Å². The predicted molar refractivity (Wildman–Crippen MR) is 67.6 cm³/mol. The van der Waals surface area contributed by atoms with Gasteiger partial charge in [-0.3, -0.25) is 0 Å². The summed E-state index contributed by atoms with van der Waals surface area (Å²) in [6.07, 6.45) is 12.2. The van der Waals surface area contributed by atoms with Crippen LogP contribution in [0.1, 0.15) is 78.6 Å². The Kier molecular flexibility index (Phi) is 21.9. The lowest BCUT2D eigenvalue weighted by Gasteiger charge is -1.99. The second-order valence-corrected chi connectivity index (χ2v) is 3.97. The van der Waals surface area contributed by atoms with Crippen molar-refractivity contribution in [2.75, 3.05) is 6.54 Å². The fraction of sp³-hybridized carbons (Fsp3) is 1.00. The van der Waals surface area contributed by atoms with Crippen molar-refractivity contribution in [3.8, 4) is 0 Å². The van der Waals surface area contributed by atoms with Gasteiger partial charge in [-0.1, -0.05) is 72.1 Å². The molecule has 0 rings (SSSR count). The Labute approximate surface area is 91.5 Å². The molecule has 1 nitrogen and oxygen atoms in total. The van der Waals surface area contributed by atoms with Crippen LogP contribution in [-0.4, -0.2) is 6.54 Å². The summed E-state index contributed by atoms with van der Waals surface area (Å²) in [6.45, 7) is 7.38. The number of nitrogens with two attached hydrogens (primary N) is 1. The molecule has 0 spiro atoms. The second-order valence-electron chi connectivity index (χ2n) is 3.97. The van der Waals surface area contributed by atoms with Gasteiger partial charge in [0.2, 0.25) is 0 Å². The Morgan fingerprint density at radius 2 is 1.00 bits per heavy atom. The molecule has 14 heavy (non-hydrogen) atoms. The molecule has 0 aromatic rings. The molecule has 0 radical (unpaired) electrons. The van der Waals surface area contributed by atoms with Crippen molar-refractivity contribution < 1.29 is 0 Å². The molecule has 0 amide bonds. The van der Waals surface area contributed by atoms with Crippen molar-refractivity contribution in [3.05, 3.63) is 0 Å². The van der Waals surface area contributed by atoms with Gasteiger partial charge in [-0.05, 0) is 13.0 Å². The summed E-state index contributed by atoms with van der Waals surface area (Å²) >= 11 is 0. The van der Waals surface area contributed by atoms with Crippen molar-refractivity contribution in [2.24, 2.45) is 5.73 Å². The van der Waals surface area contributed by atoms with E-state index in [0.717, 1.165) is 6.54 Å². The molecule has 0 fully saturated rings. The van der Waals surface area contributed by atoms with Gasteiger partial charge in [-0.15, -0.1) is 0 Å². The molecule has 0 aromatic heterocycles. The van der Waals surface area contributed by atoms with Crippen LogP contribution in [-0.2, 0) is 0 Å². The molecule has 88 valence electrons. The van der Waals surface area contributed by atoms with Crippen LogP contribution in [0.2, 0.25) is 0 Å². The molecule has 0 bridgehead atoms. The summed E-state index contributed by atoms with van der Waals surface area (Å²) in [5.74, 6) is 0. The van der Waals surface area contributed by atoms with Gasteiger partial charge in [0.25, 0.3) is 0 Å². The van der Waals surface area contributed by atoms with Crippen LogP contribution in [0.4, 0.5) is 0 Å². The van der Waals surface area contributed by atoms with Crippen LogP contribution in [0, 0.1) is 0 Å². The quantitative estimate of drug-likeness (QED) is 0.575. The van der Waals surface area contributed by atoms with Gasteiger partial charge in [0.15, 0.2) is 0 Å². The normalized spacial score (nSPS) is 9.43. The number of hydrogen-bond donors (Lipinski definition) is 1. The van der Waals surface area contributed by atoms with Crippen molar-refractivity contribution in [1.82, 2.24) is 0 Å². The van der Waals surface area contributed by atoms with Gasteiger partial charge >= 0.3 is 0 Å². The Balaban J connectivity index is 0. The molecule has 0 heterocycles. The second kappa shape index (κ2) is 18.7. The average molecular weight is 201 g/mol. The van der Waals surface area contributed by atoms with E-state index in [9.17, 15) is 0 Å². The van der Waals surface area contributed by atoms with Crippen molar-refractivity contribution in [1.29, 1.82) is 0 Å². The zero-order valence-corrected chi connectivity index (χ0v) is 10.6. The third kappa shape index (κ3) is 22.7. The van der Waals surface area contributed by atoms with Crippen LogP contribution in [0.25, 0.3) is 0 Å². The molecule has 0 atom stereocenters. The van der Waals surface area contributed by atoms with Gasteiger partial charge in [-0.25, -0.2) is 0 Å². The molecule has 0 aliphatic rings. The number of hydrogen-bond acceptors (Lipinski definition) is 1. The predicted octanol–water partition coefficient (Wildman–Crippen LogP) is 4.50. The van der Waals surface area contributed by atoms with Gasteiger partial charge in [-0.2, -0.15) is 0 Å². The lowest BCUT2D eigenvalue weighted by Crippen LogP contribution is -1.97. The Hall–Kier alpha value is -0.0400. The molecule has 2 N–H and O–H groups in total. The van der Waals surface area contributed by atoms with E-state index >= 15 is 0 Å². The lowest BCUT2D eigenvalue weighted by atomic mass is 10.1. The summed E-state index contributed by atoms with van der Waals surface area (Å²) in [5, 5.41) is 0. The van der Waals surface area contributed by atoms with E-state index in [4.69, 9.17) is 5.73 Å². The van der Waals surface area contributed by atoms with Crippen LogP contribution in [0.3, 0.4) is 0 Å². The SMILES string of the molecule is CCC.CCCCCCCCCCN. The third-order valence-corrected chi connectivity index (χ3v) is 2.06. The zero-order chi connectivity index (χ0) is 11.1. The average Bonchev–Trinajstić information content (AvgIpc) is 2.18. The van der Waals surface area contributed by atoms with Crippen LogP contribution in [0.5, 0.6) is 0 Å². The molecule has 0 aliphatic heterocycles. The number of unbranched alkanes of at least 4 members (excludes halogenated alkanes) is 7. The highest BCUT2D eigenvalue weighted by Crippen LogP contribution is 2.07. The summed E-state index contributed by atoms with van der Waals surface area (Å²) in [4.78, 5) is 0. The first-order valence-corrected chi connectivity index (χ1v) is 6.53. The van der Waals surface area contributed by atoms with Crippen molar-refractivity contribution in [2.45, 2.75) is 78.6 Å². The van der Waals surface area contributed by atoms with Crippen molar-refractivity contribution in [3.63, 3.8) is 0 Å². The molecule has 0 aromatic carbocycles. The minimum Gasteiger partial charge on any atom is -0.330 e. The molecular formula is C13H31N. The molecule has 0 unspecified atom stereocenters. The summed E-state index contributed by atoms with van der Waals surface area (Å²) in [7, 11) is 0. The Morgan fingerprint density at radius 1 is 0.643 bits per heavy atom. The fourth-order valence-corrected chi connectivity index (χ4v) is 1.28. The van der Waals surface area contributed by atoms with E-state index in [1.165, 1.54) is 57.8 Å². The van der Waals surface area contributed by atoms with E-state index in [1.807, 2.05) is 0 Å². The molecular weight excluding hydrogens is 170 g/mol. The van der Waals surface area contributed by atoms with Crippen LogP contribution < -0.4 is 5.73 Å². The van der Waals surface area contributed by atoms with E-state index < -0.39 is 0 Å². The standard InChI is InChI=1S/C10H23N.C3H8/c1-2-3-4-5-6-7-8-9-10-11;1-3-2/h2-11H2,1H3;3H2,1-2H3. The molecule has 0 aliphatic carbocycles. The molecule has 0 saturated carbocycles. The first-order valence-electron chi connectivity index (χ1n) is 6.53. The minimum atomic E-state index is 0.870. The van der Waals surface area contributed by atoms with Crippen LogP contribution in [0.15, 0.2) is 0 Å². The first kappa shape index (κ1) is 16.4. The fourth-order valence-electron chi connectivity index (χ4n) is 1.28.